The normalized spacial score (nSPS) is 24.7. The standard InChI is InChI=1S/C17H20/c1-3-5-15-8-12-17(13-9-15)16-10-6-14(4-2)7-11-16/h2-3,5-7,10-11,15,17H,8-9,12-13H2,1H3/t15-,17-. The number of hydrogen-bond acceptors (Lipinski definition) is 0. The van der Waals surface area contributed by atoms with Crippen LogP contribution in [0.5, 0.6) is 0 Å². The Hall–Kier alpha value is -1.48. The quantitative estimate of drug-likeness (QED) is 0.512. The fraction of sp³-hybridized carbons (Fsp3) is 0.412. The van der Waals surface area contributed by atoms with Crippen LogP contribution in [0.1, 0.15) is 49.7 Å². The van der Waals surface area contributed by atoms with Crippen LogP contribution in [0.25, 0.3) is 0 Å². The molecule has 1 fully saturated rings. The van der Waals surface area contributed by atoms with Gasteiger partial charge in [-0.1, -0.05) is 30.2 Å². The summed E-state index contributed by atoms with van der Waals surface area (Å²) in [4.78, 5) is 0. The van der Waals surface area contributed by atoms with Gasteiger partial charge >= 0.3 is 0 Å². The fourth-order valence-electron chi connectivity index (χ4n) is 2.77. The minimum atomic E-state index is 0.739. The van der Waals surface area contributed by atoms with Crippen LogP contribution < -0.4 is 0 Å². The third-order valence-electron chi connectivity index (χ3n) is 3.79. The molecule has 0 saturated heterocycles. The molecule has 1 aromatic carbocycles. The highest BCUT2D eigenvalue weighted by molar-refractivity contribution is 5.35. The van der Waals surface area contributed by atoms with Crippen molar-refractivity contribution in [2.75, 3.05) is 0 Å². The van der Waals surface area contributed by atoms with Crippen molar-refractivity contribution in [3.05, 3.63) is 47.5 Å². The first kappa shape index (κ1) is 12.0. The van der Waals surface area contributed by atoms with E-state index < -0.39 is 0 Å². The van der Waals surface area contributed by atoms with Crippen molar-refractivity contribution in [2.45, 2.75) is 38.5 Å². The van der Waals surface area contributed by atoms with Gasteiger partial charge in [0.15, 0.2) is 0 Å². The molecule has 0 radical (unpaired) electrons. The molecule has 0 bridgehead atoms. The molecule has 0 unspecified atom stereocenters. The van der Waals surface area contributed by atoms with Gasteiger partial charge in [-0.3, -0.25) is 0 Å². The van der Waals surface area contributed by atoms with Gasteiger partial charge < -0.3 is 0 Å². The highest BCUT2D eigenvalue weighted by atomic mass is 14.2. The van der Waals surface area contributed by atoms with Crippen molar-refractivity contribution >= 4 is 0 Å². The summed E-state index contributed by atoms with van der Waals surface area (Å²) < 4.78 is 0. The molecule has 88 valence electrons. The number of rotatable bonds is 2. The van der Waals surface area contributed by atoms with E-state index in [2.05, 4.69) is 49.3 Å². The Bertz CT molecular complexity index is 408. The Morgan fingerprint density at radius 2 is 1.76 bits per heavy atom. The average Bonchev–Trinajstić information content (AvgIpc) is 2.40. The SMILES string of the molecule is C#Cc1ccc([C@H]2CC[C@H](C=CC)CC2)cc1. The first-order valence-corrected chi connectivity index (χ1v) is 6.53. The van der Waals surface area contributed by atoms with E-state index in [1.165, 1.54) is 31.2 Å². The minimum absolute atomic E-state index is 0.739. The zero-order valence-corrected chi connectivity index (χ0v) is 10.5. The van der Waals surface area contributed by atoms with E-state index in [-0.39, 0.29) is 0 Å². The summed E-state index contributed by atoms with van der Waals surface area (Å²) in [7, 11) is 0. The number of hydrogen-bond donors (Lipinski definition) is 0. The van der Waals surface area contributed by atoms with Crippen molar-refractivity contribution in [1.82, 2.24) is 0 Å². The number of allylic oxidation sites excluding steroid dienone is 2. The molecular weight excluding hydrogens is 204 g/mol. The highest BCUT2D eigenvalue weighted by Crippen LogP contribution is 2.36. The number of terminal acetylenes is 1. The molecule has 1 aromatic rings. The maximum atomic E-state index is 5.37. The second-order valence-electron chi connectivity index (χ2n) is 4.90. The predicted molar refractivity (Wildman–Crippen MR) is 73.9 cm³/mol. The van der Waals surface area contributed by atoms with Gasteiger partial charge in [-0.25, -0.2) is 0 Å². The molecule has 0 atom stereocenters. The van der Waals surface area contributed by atoms with Gasteiger partial charge in [0.1, 0.15) is 0 Å². The molecule has 1 aliphatic rings. The van der Waals surface area contributed by atoms with E-state index in [9.17, 15) is 0 Å². The molecule has 0 aromatic heterocycles. The van der Waals surface area contributed by atoms with Crippen molar-refractivity contribution in [1.29, 1.82) is 0 Å². The van der Waals surface area contributed by atoms with E-state index >= 15 is 0 Å². The van der Waals surface area contributed by atoms with Crippen LogP contribution in [-0.2, 0) is 0 Å². The lowest BCUT2D eigenvalue weighted by Gasteiger charge is -2.27. The summed E-state index contributed by atoms with van der Waals surface area (Å²) in [6, 6.07) is 8.53. The van der Waals surface area contributed by atoms with Crippen LogP contribution in [0, 0.1) is 18.3 Å². The Kier molecular flexibility index (Phi) is 4.04. The molecule has 1 aliphatic carbocycles. The second-order valence-corrected chi connectivity index (χ2v) is 4.90. The summed E-state index contributed by atoms with van der Waals surface area (Å²) in [6.07, 6.45) is 15.2. The summed E-state index contributed by atoms with van der Waals surface area (Å²) in [5.74, 6) is 4.22. The van der Waals surface area contributed by atoms with E-state index in [1.54, 1.807) is 0 Å². The molecule has 2 rings (SSSR count). The van der Waals surface area contributed by atoms with Crippen LogP contribution in [0.15, 0.2) is 36.4 Å². The zero-order chi connectivity index (χ0) is 12.1. The third kappa shape index (κ3) is 3.01. The van der Waals surface area contributed by atoms with Crippen LogP contribution in [0.2, 0.25) is 0 Å². The van der Waals surface area contributed by atoms with Crippen molar-refractivity contribution < 1.29 is 0 Å². The summed E-state index contributed by atoms with van der Waals surface area (Å²) in [5, 5.41) is 0. The predicted octanol–water partition coefficient (Wildman–Crippen LogP) is 4.52. The monoisotopic (exact) mass is 224 g/mol. The van der Waals surface area contributed by atoms with Gasteiger partial charge in [0.2, 0.25) is 0 Å². The van der Waals surface area contributed by atoms with Crippen LogP contribution in [0.4, 0.5) is 0 Å². The van der Waals surface area contributed by atoms with Crippen molar-refractivity contribution in [3.63, 3.8) is 0 Å². The summed E-state index contributed by atoms with van der Waals surface area (Å²) >= 11 is 0. The molecule has 0 spiro atoms. The van der Waals surface area contributed by atoms with Gasteiger partial charge in [-0.15, -0.1) is 6.42 Å². The fourth-order valence-corrected chi connectivity index (χ4v) is 2.77. The Labute approximate surface area is 105 Å². The zero-order valence-electron chi connectivity index (χ0n) is 10.5. The largest absolute Gasteiger partial charge is 0.115 e. The smallest absolute Gasteiger partial charge is 0.0242 e. The number of benzene rings is 1. The minimum Gasteiger partial charge on any atom is -0.115 e. The molecule has 0 heteroatoms. The lowest BCUT2D eigenvalue weighted by molar-refractivity contribution is 0.375. The molecular formula is C17H20. The van der Waals surface area contributed by atoms with Gasteiger partial charge in [-0.05, 0) is 62.1 Å². The van der Waals surface area contributed by atoms with Gasteiger partial charge in [-0.2, -0.15) is 0 Å². The first-order valence-electron chi connectivity index (χ1n) is 6.53. The Morgan fingerprint density at radius 3 is 2.29 bits per heavy atom. The van der Waals surface area contributed by atoms with Gasteiger partial charge in [0.05, 0.1) is 0 Å². The average molecular weight is 224 g/mol. The van der Waals surface area contributed by atoms with Gasteiger partial charge in [0, 0.05) is 5.56 Å². The van der Waals surface area contributed by atoms with Crippen LogP contribution in [-0.4, -0.2) is 0 Å². The van der Waals surface area contributed by atoms with Crippen molar-refractivity contribution in [3.8, 4) is 12.3 Å². The summed E-state index contributed by atoms with van der Waals surface area (Å²) in [6.45, 7) is 2.12. The maximum absolute atomic E-state index is 5.37. The highest BCUT2D eigenvalue weighted by Gasteiger charge is 2.20. The first-order chi connectivity index (χ1) is 8.33. The molecule has 0 aliphatic heterocycles. The van der Waals surface area contributed by atoms with Crippen LogP contribution >= 0.6 is 0 Å². The van der Waals surface area contributed by atoms with Crippen molar-refractivity contribution in [2.24, 2.45) is 5.92 Å². The van der Waals surface area contributed by atoms with Gasteiger partial charge in [0.25, 0.3) is 0 Å². The molecule has 0 nitrogen and oxygen atoms in total. The molecule has 0 amide bonds. The summed E-state index contributed by atoms with van der Waals surface area (Å²) in [5.41, 5.74) is 2.44. The molecule has 0 heterocycles. The maximum Gasteiger partial charge on any atom is 0.0242 e. The van der Waals surface area contributed by atoms with E-state index in [4.69, 9.17) is 6.42 Å². The topological polar surface area (TPSA) is 0 Å². The van der Waals surface area contributed by atoms with Crippen LogP contribution in [0.3, 0.4) is 0 Å². The molecule has 17 heavy (non-hydrogen) atoms. The lowest BCUT2D eigenvalue weighted by Crippen LogP contribution is -2.11. The van der Waals surface area contributed by atoms with E-state index in [0.29, 0.717) is 0 Å². The second kappa shape index (κ2) is 5.73. The molecule has 1 saturated carbocycles. The van der Waals surface area contributed by atoms with E-state index in [0.717, 1.165) is 17.4 Å². The third-order valence-corrected chi connectivity index (χ3v) is 3.79. The lowest BCUT2D eigenvalue weighted by atomic mass is 9.78. The molecule has 0 N–H and O–H groups in total. The Balaban J connectivity index is 1.98. The van der Waals surface area contributed by atoms with E-state index in [1.807, 2.05) is 0 Å². The Morgan fingerprint density at radius 1 is 1.12 bits per heavy atom.